The molecule has 0 bridgehead atoms. The Morgan fingerprint density at radius 3 is 2.94 bits per heavy atom. The van der Waals surface area contributed by atoms with Crippen LogP contribution in [0, 0.1) is 12.7 Å². The van der Waals surface area contributed by atoms with Gasteiger partial charge in [0.2, 0.25) is 0 Å². The fraction of sp³-hybridized carbons (Fsp3) is 0.538. The minimum Gasteiger partial charge on any atom is -0.394 e. The second-order valence-electron chi connectivity index (χ2n) is 3.96. The predicted octanol–water partition coefficient (Wildman–Crippen LogP) is 1.62. The Morgan fingerprint density at radius 2 is 2.18 bits per heavy atom. The Kier molecular flexibility index (Phi) is 6.77. The molecule has 0 aromatic heterocycles. The van der Waals surface area contributed by atoms with Crippen molar-refractivity contribution in [1.29, 1.82) is 0 Å². The van der Waals surface area contributed by atoms with Gasteiger partial charge in [-0.25, -0.2) is 4.39 Å². The lowest BCUT2D eigenvalue weighted by atomic mass is 10.1. The van der Waals surface area contributed by atoms with Gasteiger partial charge in [0.25, 0.3) is 0 Å². The van der Waals surface area contributed by atoms with Gasteiger partial charge in [-0.05, 0) is 26.0 Å². The molecule has 17 heavy (non-hydrogen) atoms. The molecule has 1 aromatic rings. The molecular weight excluding hydrogens is 221 g/mol. The van der Waals surface area contributed by atoms with E-state index in [-0.39, 0.29) is 12.4 Å². The molecule has 0 atom stereocenters. The van der Waals surface area contributed by atoms with Gasteiger partial charge >= 0.3 is 0 Å². The molecule has 0 aliphatic rings. The molecule has 0 heterocycles. The third kappa shape index (κ3) is 5.77. The first kappa shape index (κ1) is 14.1. The van der Waals surface area contributed by atoms with E-state index < -0.39 is 0 Å². The maximum atomic E-state index is 13.4. The maximum absolute atomic E-state index is 13.4. The molecule has 96 valence electrons. The highest BCUT2D eigenvalue weighted by Crippen LogP contribution is 2.09. The molecule has 1 rings (SSSR count). The third-order valence-electron chi connectivity index (χ3n) is 2.39. The van der Waals surface area contributed by atoms with Crippen LogP contribution in [0.25, 0.3) is 0 Å². The van der Waals surface area contributed by atoms with Crippen LogP contribution in [-0.4, -0.2) is 31.5 Å². The molecular formula is C13H20FNO2. The Hall–Kier alpha value is -0.970. The van der Waals surface area contributed by atoms with Crippen LogP contribution in [0.1, 0.15) is 17.5 Å². The second kappa shape index (κ2) is 8.17. The van der Waals surface area contributed by atoms with E-state index in [0.29, 0.717) is 25.3 Å². The van der Waals surface area contributed by atoms with Gasteiger partial charge in [-0.3, -0.25) is 0 Å². The summed E-state index contributed by atoms with van der Waals surface area (Å²) >= 11 is 0. The van der Waals surface area contributed by atoms with E-state index in [1.54, 1.807) is 6.07 Å². The van der Waals surface area contributed by atoms with E-state index in [4.69, 9.17) is 9.84 Å². The lowest BCUT2D eigenvalue weighted by molar-refractivity contribution is 0.0907. The van der Waals surface area contributed by atoms with Gasteiger partial charge in [0.05, 0.1) is 13.2 Å². The normalized spacial score (nSPS) is 10.8. The minimum absolute atomic E-state index is 0.0575. The number of halogens is 1. The van der Waals surface area contributed by atoms with Crippen LogP contribution >= 0.6 is 0 Å². The molecule has 3 nitrogen and oxygen atoms in total. The highest BCUT2D eigenvalue weighted by Gasteiger charge is 2.01. The topological polar surface area (TPSA) is 41.5 Å². The SMILES string of the molecule is Cc1ccc(F)c(CNCCCOCCO)c1. The fourth-order valence-corrected chi connectivity index (χ4v) is 1.53. The zero-order chi connectivity index (χ0) is 12.5. The van der Waals surface area contributed by atoms with Crippen molar-refractivity contribution >= 4 is 0 Å². The summed E-state index contributed by atoms with van der Waals surface area (Å²) in [5.74, 6) is -0.167. The number of nitrogens with one attached hydrogen (secondary N) is 1. The summed E-state index contributed by atoms with van der Waals surface area (Å²) in [7, 11) is 0. The first-order valence-electron chi connectivity index (χ1n) is 5.88. The summed E-state index contributed by atoms with van der Waals surface area (Å²) in [5.41, 5.74) is 1.76. The average molecular weight is 241 g/mol. The van der Waals surface area contributed by atoms with E-state index >= 15 is 0 Å². The second-order valence-corrected chi connectivity index (χ2v) is 3.96. The number of hydrogen-bond donors (Lipinski definition) is 2. The first-order valence-corrected chi connectivity index (χ1v) is 5.88. The van der Waals surface area contributed by atoms with Gasteiger partial charge in [0.15, 0.2) is 0 Å². The number of aryl methyl sites for hydroxylation is 1. The molecule has 0 radical (unpaired) electrons. The van der Waals surface area contributed by atoms with Crippen LogP contribution in [0.15, 0.2) is 18.2 Å². The third-order valence-corrected chi connectivity index (χ3v) is 2.39. The van der Waals surface area contributed by atoms with Crippen molar-refractivity contribution in [2.24, 2.45) is 0 Å². The molecule has 0 saturated carbocycles. The van der Waals surface area contributed by atoms with E-state index in [0.717, 1.165) is 18.5 Å². The van der Waals surface area contributed by atoms with Gasteiger partial charge in [-0.15, -0.1) is 0 Å². The van der Waals surface area contributed by atoms with E-state index in [1.807, 2.05) is 13.0 Å². The summed E-state index contributed by atoms with van der Waals surface area (Å²) in [4.78, 5) is 0. The van der Waals surface area contributed by atoms with E-state index in [1.165, 1.54) is 6.07 Å². The minimum atomic E-state index is -0.167. The van der Waals surface area contributed by atoms with Crippen molar-refractivity contribution in [3.8, 4) is 0 Å². The van der Waals surface area contributed by atoms with Crippen molar-refractivity contribution in [1.82, 2.24) is 5.32 Å². The number of aliphatic hydroxyl groups excluding tert-OH is 1. The Balaban J connectivity index is 2.15. The van der Waals surface area contributed by atoms with Crippen LogP contribution in [0.4, 0.5) is 4.39 Å². The van der Waals surface area contributed by atoms with Crippen LogP contribution in [0.3, 0.4) is 0 Å². The zero-order valence-corrected chi connectivity index (χ0v) is 10.2. The van der Waals surface area contributed by atoms with Gasteiger partial charge < -0.3 is 15.2 Å². The molecule has 2 N–H and O–H groups in total. The Bertz CT molecular complexity index is 331. The number of ether oxygens (including phenoxy) is 1. The first-order chi connectivity index (χ1) is 8.24. The molecule has 0 aliphatic carbocycles. The molecule has 0 spiro atoms. The monoisotopic (exact) mass is 241 g/mol. The van der Waals surface area contributed by atoms with Crippen molar-refractivity contribution in [3.05, 3.63) is 35.1 Å². The number of aliphatic hydroxyl groups is 1. The highest BCUT2D eigenvalue weighted by molar-refractivity contribution is 5.23. The van der Waals surface area contributed by atoms with Crippen molar-refractivity contribution < 1.29 is 14.2 Å². The number of rotatable bonds is 8. The Morgan fingerprint density at radius 1 is 1.35 bits per heavy atom. The van der Waals surface area contributed by atoms with Gasteiger partial charge in [0, 0.05) is 18.7 Å². The van der Waals surface area contributed by atoms with Gasteiger partial charge in [-0.2, -0.15) is 0 Å². The molecule has 0 aliphatic heterocycles. The molecule has 1 aromatic carbocycles. The Labute approximate surface area is 102 Å². The van der Waals surface area contributed by atoms with Crippen molar-refractivity contribution in [2.45, 2.75) is 19.9 Å². The number of hydrogen-bond acceptors (Lipinski definition) is 3. The summed E-state index contributed by atoms with van der Waals surface area (Å²) in [6.07, 6.45) is 0.855. The largest absolute Gasteiger partial charge is 0.394 e. The summed E-state index contributed by atoms with van der Waals surface area (Å²) in [6.45, 7) is 4.32. The lowest BCUT2D eigenvalue weighted by Gasteiger charge is -2.07. The van der Waals surface area contributed by atoms with Crippen LogP contribution in [0.2, 0.25) is 0 Å². The van der Waals surface area contributed by atoms with Crippen molar-refractivity contribution in [3.63, 3.8) is 0 Å². The van der Waals surface area contributed by atoms with Crippen molar-refractivity contribution in [2.75, 3.05) is 26.4 Å². The fourth-order valence-electron chi connectivity index (χ4n) is 1.53. The molecule has 4 heteroatoms. The smallest absolute Gasteiger partial charge is 0.127 e. The van der Waals surface area contributed by atoms with Crippen LogP contribution < -0.4 is 5.32 Å². The summed E-state index contributed by atoms with van der Waals surface area (Å²) in [6, 6.07) is 5.11. The molecule has 0 saturated heterocycles. The molecule has 0 fully saturated rings. The van der Waals surface area contributed by atoms with Crippen LogP contribution in [0.5, 0.6) is 0 Å². The van der Waals surface area contributed by atoms with E-state index in [9.17, 15) is 4.39 Å². The van der Waals surface area contributed by atoms with Crippen LogP contribution in [-0.2, 0) is 11.3 Å². The quantitative estimate of drug-likeness (QED) is 0.680. The highest BCUT2D eigenvalue weighted by atomic mass is 19.1. The van der Waals surface area contributed by atoms with Gasteiger partial charge in [-0.1, -0.05) is 17.7 Å². The zero-order valence-electron chi connectivity index (χ0n) is 10.2. The average Bonchev–Trinajstić information content (AvgIpc) is 2.32. The summed E-state index contributed by atoms with van der Waals surface area (Å²) < 4.78 is 18.5. The predicted molar refractivity (Wildman–Crippen MR) is 65.4 cm³/mol. The maximum Gasteiger partial charge on any atom is 0.127 e. The standard InChI is InChI=1S/C13H20FNO2/c1-11-3-4-13(14)12(9-11)10-15-5-2-7-17-8-6-16/h3-4,9,15-16H,2,5-8,10H2,1H3. The van der Waals surface area contributed by atoms with E-state index in [2.05, 4.69) is 5.32 Å². The number of benzene rings is 1. The van der Waals surface area contributed by atoms with Gasteiger partial charge in [0.1, 0.15) is 5.82 Å². The molecule has 0 amide bonds. The summed E-state index contributed by atoms with van der Waals surface area (Å²) in [5, 5.41) is 11.7. The lowest BCUT2D eigenvalue weighted by Crippen LogP contribution is -2.17. The molecule has 0 unspecified atom stereocenters.